The number of hydrogen-bond acceptors (Lipinski definition) is 2. The Hall–Kier alpha value is -0.860. The molecule has 2 heteroatoms. The van der Waals surface area contributed by atoms with E-state index in [9.17, 15) is 0 Å². The van der Waals surface area contributed by atoms with Gasteiger partial charge in [-0.1, -0.05) is 44.2 Å². The second-order valence-corrected chi connectivity index (χ2v) is 4.65. The molecule has 0 heterocycles. The Morgan fingerprint density at radius 2 is 1.75 bits per heavy atom. The van der Waals surface area contributed by atoms with E-state index in [0.717, 1.165) is 12.8 Å². The molecule has 0 bridgehead atoms. The molecule has 0 aliphatic rings. The first kappa shape index (κ1) is 13.2. The van der Waals surface area contributed by atoms with Crippen molar-refractivity contribution in [2.75, 3.05) is 14.1 Å². The molecule has 1 aromatic rings. The van der Waals surface area contributed by atoms with Crippen molar-refractivity contribution in [3.8, 4) is 0 Å². The van der Waals surface area contributed by atoms with Gasteiger partial charge in [-0.3, -0.25) is 0 Å². The fraction of sp³-hybridized carbons (Fsp3) is 0.571. The molecule has 2 unspecified atom stereocenters. The Balaban J connectivity index is 3.10. The molecular formula is C14H24N2. The standard InChI is InChI=1S/C14H24N2/c1-5-13(16(3)4)14(15,6-2)12-10-8-7-9-11-12/h7-11,13H,5-6,15H2,1-4H3. The normalized spacial score (nSPS) is 17.1. The van der Waals surface area contributed by atoms with Gasteiger partial charge in [0.1, 0.15) is 0 Å². The maximum atomic E-state index is 6.63. The number of hydrogen-bond donors (Lipinski definition) is 1. The van der Waals surface area contributed by atoms with Crippen molar-refractivity contribution < 1.29 is 0 Å². The van der Waals surface area contributed by atoms with E-state index in [1.165, 1.54) is 5.56 Å². The van der Waals surface area contributed by atoms with Gasteiger partial charge < -0.3 is 10.6 Å². The maximum Gasteiger partial charge on any atom is 0.0564 e. The first-order valence-electron chi connectivity index (χ1n) is 6.07. The highest BCUT2D eigenvalue weighted by molar-refractivity contribution is 5.26. The van der Waals surface area contributed by atoms with Crippen LogP contribution < -0.4 is 5.73 Å². The molecule has 0 spiro atoms. The zero-order valence-corrected chi connectivity index (χ0v) is 10.9. The molecule has 1 rings (SSSR count). The summed E-state index contributed by atoms with van der Waals surface area (Å²) < 4.78 is 0. The Bertz CT molecular complexity index is 308. The molecule has 0 radical (unpaired) electrons. The molecule has 0 aromatic heterocycles. The monoisotopic (exact) mass is 220 g/mol. The highest BCUT2D eigenvalue weighted by atomic mass is 15.1. The summed E-state index contributed by atoms with van der Waals surface area (Å²) in [5, 5.41) is 0. The Morgan fingerprint density at radius 1 is 1.19 bits per heavy atom. The van der Waals surface area contributed by atoms with Crippen molar-refractivity contribution in [2.24, 2.45) is 5.73 Å². The van der Waals surface area contributed by atoms with Gasteiger partial charge in [-0.2, -0.15) is 0 Å². The minimum atomic E-state index is -0.250. The second-order valence-electron chi connectivity index (χ2n) is 4.65. The van der Waals surface area contributed by atoms with Crippen LogP contribution >= 0.6 is 0 Å². The lowest BCUT2D eigenvalue weighted by Crippen LogP contribution is -2.53. The van der Waals surface area contributed by atoms with Gasteiger partial charge in [-0.25, -0.2) is 0 Å². The molecule has 2 N–H and O–H groups in total. The van der Waals surface area contributed by atoms with Gasteiger partial charge in [0.15, 0.2) is 0 Å². The molecule has 16 heavy (non-hydrogen) atoms. The fourth-order valence-electron chi connectivity index (χ4n) is 2.57. The molecule has 1 aromatic carbocycles. The second kappa shape index (κ2) is 5.46. The lowest BCUT2D eigenvalue weighted by molar-refractivity contribution is 0.165. The topological polar surface area (TPSA) is 29.3 Å². The van der Waals surface area contributed by atoms with Crippen molar-refractivity contribution in [2.45, 2.75) is 38.3 Å². The average molecular weight is 220 g/mol. The van der Waals surface area contributed by atoms with Crippen LogP contribution in [-0.4, -0.2) is 25.0 Å². The van der Waals surface area contributed by atoms with E-state index in [1.54, 1.807) is 0 Å². The zero-order chi connectivity index (χ0) is 12.2. The molecule has 90 valence electrons. The predicted octanol–water partition coefficient (Wildman–Crippen LogP) is 2.59. The number of nitrogens with zero attached hydrogens (tertiary/aromatic N) is 1. The highest BCUT2D eigenvalue weighted by Crippen LogP contribution is 2.29. The van der Waals surface area contributed by atoms with Gasteiger partial charge in [-0.05, 0) is 32.5 Å². The highest BCUT2D eigenvalue weighted by Gasteiger charge is 2.34. The summed E-state index contributed by atoms with van der Waals surface area (Å²) in [6, 6.07) is 10.8. The lowest BCUT2D eigenvalue weighted by Gasteiger charge is -2.40. The quantitative estimate of drug-likeness (QED) is 0.826. The molecule has 0 saturated heterocycles. The van der Waals surface area contributed by atoms with Gasteiger partial charge in [0.2, 0.25) is 0 Å². The third-order valence-electron chi connectivity index (χ3n) is 3.50. The summed E-state index contributed by atoms with van der Waals surface area (Å²) in [6.45, 7) is 4.37. The van der Waals surface area contributed by atoms with Crippen molar-refractivity contribution in [3.63, 3.8) is 0 Å². The van der Waals surface area contributed by atoms with Crippen LogP contribution in [0.3, 0.4) is 0 Å². The Morgan fingerprint density at radius 3 is 2.12 bits per heavy atom. The van der Waals surface area contributed by atoms with E-state index in [-0.39, 0.29) is 5.54 Å². The van der Waals surface area contributed by atoms with Crippen molar-refractivity contribution >= 4 is 0 Å². The van der Waals surface area contributed by atoms with Crippen LogP contribution in [0.4, 0.5) is 0 Å². The van der Waals surface area contributed by atoms with E-state index in [4.69, 9.17) is 5.73 Å². The maximum absolute atomic E-state index is 6.63. The molecule has 2 atom stereocenters. The van der Waals surface area contributed by atoms with Crippen LogP contribution in [0.2, 0.25) is 0 Å². The predicted molar refractivity (Wildman–Crippen MR) is 70.4 cm³/mol. The number of benzene rings is 1. The molecule has 0 fully saturated rings. The Labute approximate surface area is 99.5 Å². The summed E-state index contributed by atoms with van der Waals surface area (Å²) in [7, 11) is 4.21. The van der Waals surface area contributed by atoms with E-state index >= 15 is 0 Å². The van der Waals surface area contributed by atoms with Gasteiger partial charge in [0, 0.05) is 6.04 Å². The zero-order valence-electron chi connectivity index (χ0n) is 10.9. The van der Waals surface area contributed by atoms with Gasteiger partial charge in [0.05, 0.1) is 5.54 Å². The SMILES string of the molecule is CCC(N(C)C)C(N)(CC)c1ccccc1. The average Bonchev–Trinajstić information content (AvgIpc) is 2.30. The van der Waals surface area contributed by atoms with Crippen molar-refractivity contribution in [1.82, 2.24) is 4.90 Å². The molecule has 0 aliphatic heterocycles. The van der Waals surface area contributed by atoms with Crippen molar-refractivity contribution in [1.29, 1.82) is 0 Å². The summed E-state index contributed by atoms with van der Waals surface area (Å²) in [6.07, 6.45) is 2.01. The summed E-state index contributed by atoms with van der Waals surface area (Å²) in [5.41, 5.74) is 7.62. The van der Waals surface area contributed by atoms with Crippen LogP contribution in [0.5, 0.6) is 0 Å². The van der Waals surface area contributed by atoms with E-state index in [0.29, 0.717) is 6.04 Å². The minimum Gasteiger partial charge on any atom is -0.320 e. The third-order valence-corrected chi connectivity index (χ3v) is 3.50. The largest absolute Gasteiger partial charge is 0.320 e. The van der Waals surface area contributed by atoms with Gasteiger partial charge in [-0.15, -0.1) is 0 Å². The molecule has 0 aliphatic carbocycles. The summed E-state index contributed by atoms with van der Waals surface area (Å²) in [5.74, 6) is 0. The minimum absolute atomic E-state index is 0.250. The summed E-state index contributed by atoms with van der Waals surface area (Å²) >= 11 is 0. The van der Waals surface area contributed by atoms with Crippen LogP contribution in [0.1, 0.15) is 32.3 Å². The molecule has 2 nitrogen and oxygen atoms in total. The third kappa shape index (κ3) is 2.45. The van der Waals surface area contributed by atoms with Gasteiger partial charge in [0.25, 0.3) is 0 Å². The summed E-state index contributed by atoms with van der Waals surface area (Å²) in [4.78, 5) is 2.23. The molecule has 0 saturated carbocycles. The molecular weight excluding hydrogens is 196 g/mol. The fourth-order valence-corrected chi connectivity index (χ4v) is 2.57. The molecule has 0 amide bonds. The first-order valence-corrected chi connectivity index (χ1v) is 6.07. The van der Waals surface area contributed by atoms with Crippen LogP contribution in [0.25, 0.3) is 0 Å². The first-order chi connectivity index (χ1) is 7.56. The van der Waals surface area contributed by atoms with Crippen LogP contribution in [0.15, 0.2) is 30.3 Å². The lowest BCUT2D eigenvalue weighted by atomic mass is 9.79. The van der Waals surface area contributed by atoms with E-state index in [2.05, 4.69) is 57.1 Å². The van der Waals surface area contributed by atoms with E-state index in [1.807, 2.05) is 6.07 Å². The number of likely N-dealkylation sites (N-methyl/N-ethyl adjacent to an activating group) is 1. The smallest absolute Gasteiger partial charge is 0.0564 e. The van der Waals surface area contributed by atoms with Crippen LogP contribution in [-0.2, 0) is 5.54 Å². The Kier molecular flexibility index (Phi) is 4.51. The van der Waals surface area contributed by atoms with Crippen LogP contribution in [0, 0.1) is 0 Å². The van der Waals surface area contributed by atoms with E-state index < -0.39 is 0 Å². The number of rotatable bonds is 5. The van der Waals surface area contributed by atoms with Crippen molar-refractivity contribution in [3.05, 3.63) is 35.9 Å². The number of nitrogens with two attached hydrogens (primary N) is 1. The van der Waals surface area contributed by atoms with Gasteiger partial charge >= 0.3 is 0 Å².